The molecular formula is C10H13BrClNO. The van der Waals surface area contributed by atoms with Gasteiger partial charge in [-0.3, -0.25) is 0 Å². The van der Waals surface area contributed by atoms with Gasteiger partial charge in [-0.05, 0) is 41.1 Å². The quantitative estimate of drug-likeness (QED) is 0.832. The summed E-state index contributed by atoms with van der Waals surface area (Å²) in [5.41, 5.74) is 1.01. The van der Waals surface area contributed by atoms with Gasteiger partial charge in [0.25, 0.3) is 0 Å². The molecular weight excluding hydrogens is 265 g/mol. The Kier molecular flexibility index (Phi) is 5.30. The van der Waals surface area contributed by atoms with Crippen molar-refractivity contribution in [3.8, 4) is 0 Å². The molecule has 14 heavy (non-hydrogen) atoms. The standard InChI is InChI=1S/C10H13BrClNO/c1-2-14-6-5-13-8-3-4-9(11)10(12)7-8/h3-4,7,13H,2,5-6H2,1H3. The molecule has 0 bridgehead atoms. The van der Waals surface area contributed by atoms with Crippen molar-refractivity contribution in [1.29, 1.82) is 0 Å². The van der Waals surface area contributed by atoms with Crippen LogP contribution in [-0.2, 0) is 4.74 Å². The molecule has 0 radical (unpaired) electrons. The summed E-state index contributed by atoms with van der Waals surface area (Å²) in [7, 11) is 0. The van der Waals surface area contributed by atoms with Gasteiger partial charge in [-0.2, -0.15) is 0 Å². The number of benzene rings is 1. The highest BCUT2D eigenvalue weighted by Crippen LogP contribution is 2.25. The molecule has 78 valence electrons. The normalized spacial score (nSPS) is 10.2. The molecule has 0 saturated heterocycles. The Morgan fingerprint density at radius 3 is 2.93 bits per heavy atom. The molecule has 0 amide bonds. The van der Waals surface area contributed by atoms with Crippen LogP contribution in [0.1, 0.15) is 6.92 Å². The summed E-state index contributed by atoms with van der Waals surface area (Å²) in [6.45, 7) is 4.25. The van der Waals surface area contributed by atoms with Crippen LogP contribution in [0, 0.1) is 0 Å². The molecule has 0 aliphatic carbocycles. The van der Waals surface area contributed by atoms with Crippen molar-refractivity contribution in [3.63, 3.8) is 0 Å². The monoisotopic (exact) mass is 277 g/mol. The molecule has 1 rings (SSSR count). The minimum Gasteiger partial charge on any atom is -0.383 e. The van der Waals surface area contributed by atoms with Crippen LogP contribution < -0.4 is 5.32 Å². The predicted molar refractivity (Wildman–Crippen MR) is 64.1 cm³/mol. The number of hydrogen-bond donors (Lipinski definition) is 1. The average Bonchev–Trinajstić information content (AvgIpc) is 2.18. The second-order valence-electron chi connectivity index (χ2n) is 2.75. The summed E-state index contributed by atoms with van der Waals surface area (Å²) in [6.07, 6.45) is 0. The third-order valence-corrected chi connectivity index (χ3v) is 2.93. The van der Waals surface area contributed by atoms with Gasteiger partial charge in [-0.25, -0.2) is 0 Å². The first-order valence-electron chi connectivity index (χ1n) is 4.50. The van der Waals surface area contributed by atoms with Crippen LogP contribution in [0.25, 0.3) is 0 Å². The summed E-state index contributed by atoms with van der Waals surface area (Å²) < 4.78 is 6.12. The highest BCUT2D eigenvalue weighted by atomic mass is 79.9. The van der Waals surface area contributed by atoms with E-state index in [0.717, 1.165) is 23.3 Å². The van der Waals surface area contributed by atoms with Gasteiger partial charge < -0.3 is 10.1 Å². The maximum Gasteiger partial charge on any atom is 0.0638 e. The van der Waals surface area contributed by atoms with E-state index in [1.807, 2.05) is 25.1 Å². The van der Waals surface area contributed by atoms with E-state index in [1.54, 1.807) is 0 Å². The number of anilines is 1. The number of nitrogens with one attached hydrogen (secondary N) is 1. The SMILES string of the molecule is CCOCCNc1ccc(Br)c(Cl)c1. The molecule has 0 atom stereocenters. The minimum atomic E-state index is 0.712. The molecule has 0 aliphatic heterocycles. The smallest absolute Gasteiger partial charge is 0.0638 e. The molecule has 0 fully saturated rings. The Bertz CT molecular complexity index is 293. The number of halogens is 2. The van der Waals surface area contributed by atoms with Crippen molar-refractivity contribution in [2.75, 3.05) is 25.1 Å². The van der Waals surface area contributed by atoms with Crippen molar-refractivity contribution < 1.29 is 4.74 Å². The summed E-state index contributed by atoms with van der Waals surface area (Å²) in [6, 6.07) is 5.78. The van der Waals surface area contributed by atoms with E-state index in [-0.39, 0.29) is 0 Å². The zero-order chi connectivity index (χ0) is 10.4. The largest absolute Gasteiger partial charge is 0.383 e. The maximum atomic E-state index is 5.94. The molecule has 0 saturated carbocycles. The Balaban J connectivity index is 2.39. The summed E-state index contributed by atoms with van der Waals surface area (Å²) >= 11 is 9.27. The van der Waals surface area contributed by atoms with Crippen LogP contribution in [0.3, 0.4) is 0 Å². The van der Waals surface area contributed by atoms with Crippen LogP contribution in [0.5, 0.6) is 0 Å². The van der Waals surface area contributed by atoms with Crippen molar-refractivity contribution in [2.24, 2.45) is 0 Å². The summed E-state index contributed by atoms with van der Waals surface area (Å²) in [5, 5.41) is 3.93. The third-order valence-electron chi connectivity index (χ3n) is 1.70. The lowest BCUT2D eigenvalue weighted by atomic mass is 10.3. The Morgan fingerprint density at radius 1 is 1.50 bits per heavy atom. The van der Waals surface area contributed by atoms with Crippen LogP contribution in [0.4, 0.5) is 5.69 Å². The first kappa shape index (κ1) is 11.8. The van der Waals surface area contributed by atoms with Crippen LogP contribution in [0.2, 0.25) is 5.02 Å². The number of rotatable bonds is 5. The fourth-order valence-corrected chi connectivity index (χ4v) is 1.45. The molecule has 0 heterocycles. The third kappa shape index (κ3) is 3.86. The maximum absolute atomic E-state index is 5.94. The Labute approximate surface area is 97.7 Å². The van der Waals surface area contributed by atoms with E-state index in [1.165, 1.54) is 0 Å². The molecule has 1 aromatic carbocycles. The van der Waals surface area contributed by atoms with Crippen molar-refractivity contribution >= 4 is 33.2 Å². The lowest BCUT2D eigenvalue weighted by Gasteiger charge is -2.07. The van der Waals surface area contributed by atoms with Gasteiger partial charge >= 0.3 is 0 Å². The number of hydrogen-bond acceptors (Lipinski definition) is 2. The van der Waals surface area contributed by atoms with E-state index < -0.39 is 0 Å². The fourth-order valence-electron chi connectivity index (χ4n) is 1.02. The molecule has 1 N–H and O–H groups in total. The molecule has 0 aliphatic rings. The van der Waals surface area contributed by atoms with Gasteiger partial charge in [0.15, 0.2) is 0 Å². The lowest BCUT2D eigenvalue weighted by molar-refractivity contribution is 0.158. The zero-order valence-electron chi connectivity index (χ0n) is 8.02. The molecule has 2 nitrogen and oxygen atoms in total. The molecule has 0 aromatic heterocycles. The van der Waals surface area contributed by atoms with E-state index >= 15 is 0 Å². The Morgan fingerprint density at radius 2 is 2.29 bits per heavy atom. The molecule has 0 unspecified atom stereocenters. The van der Waals surface area contributed by atoms with Crippen LogP contribution in [0.15, 0.2) is 22.7 Å². The topological polar surface area (TPSA) is 21.3 Å². The minimum absolute atomic E-state index is 0.712. The van der Waals surface area contributed by atoms with E-state index in [0.29, 0.717) is 11.6 Å². The van der Waals surface area contributed by atoms with Crippen molar-refractivity contribution in [1.82, 2.24) is 0 Å². The fraction of sp³-hybridized carbons (Fsp3) is 0.400. The van der Waals surface area contributed by atoms with E-state index in [2.05, 4.69) is 21.2 Å². The van der Waals surface area contributed by atoms with Gasteiger partial charge in [-0.15, -0.1) is 0 Å². The second-order valence-corrected chi connectivity index (χ2v) is 4.01. The summed E-state index contributed by atoms with van der Waals surface area (Å²) in [4.78, 5) is 0. The second kappa shape index (κ2) is 6.27. The lowest BCUT2D eigenvalue weighted by Crippen LogP contribution is -2.08. The van der Waals surface area contributed by atoms with Gasteiger partial charge in [0, 0.05) is 23.3 Å². The van der Waals surface area contributed by atoms with Crippen LogP contribution in [-0.4, -0.2) is 19.8 Å². The highest BCUT2D eigenvalue weighted by molar-refractivity contribution is 9.10. The Hall–Kier alpha value is -0.250. The van der Waals surface area contributed by atoms with Gasteiger partial charge in [-0.1, -0.05) is 11.6 Å². The molecule has 1 aromatic rings. The highest BCUT2D eigenvalue weighted by Gasteiger charge is 1.97. The van der Waals surface area contributed by atoms with E-state index in [9.17, 15) is 0 Å². The zero-order valence-corrected chi connectivity index (χ0v) is 10.4. The molecule has 4 heteroatoms. The number of ether oxygens (including phenoxy) is 1. The van der Waals surface area contributed by atoms with Gasteiger partial charge in [0.1, 0.15) is 0 Å². The predicted octanol–water partition coefficient (Wildman–Crippen LogP) is 3.55. The first-order valence-corrected chi connectivity index (χ1v) is 5.67. The van der Waals surface area contributed by atoms with Crippen LogP contribution >= 0.6 is 27.5 Å². The van der Waals surface area contributed by atoms with E-state index in [4.69, 9.17) is 16.3 Å². The van der Waals surface area contributed by atoms with Gasteiger partial charge in [0.05, 0.1) is 11.6 Å². The first-order chi connectivity index (χ1) is 6.74. The average molecular weight is 279 g/mol. The van der Waals surface area contributed by atoms with Crippen molar-refractivity contribution in [3.05, 3.63) is 27.7 Å². The molecule has 0 spiro atoms. The summed E-state index contributed by atoms with van der Waals surface area (Å²) in [5.74, 6) is 0. The van der Waals surface area contributed by atoms with Crippen molar-refractivity contribution in [2.45, 2.75) is 6.92 Å². The van der Waals surface area contributed by atoms with Gasteiger partial charge in [0.2, 0.25) is 0 Å².